The number of aromatic nitrogens is 4. The van der Waals surface area contributed by atoms with Gasteiger partial charge in [-0.25, -0.2) is 15.0 Å². The van der Waals surface area contributed by atoms with Crippen molar-refractivity contribution in [2.24, 2.45) is 0 Å². The molecule has 2 fully saturated rings. The summed E-state index contributed by atoms with van der Waals surface area (Å²) in [4.78, 5) is 16.4. The zero-order chi connectivity index (χ0) is 24.5. The Kier molecular flexibility index (Phi) is 6.97. The van der Waals surface area contributed by atoms with Crippen LogP contribution in [0.4, 0.5) is 5.69 Å². The Hall–Kier alpha value is -2.29. The first-order chi connectivity index (χ1) is 16.8. The summed E-state index contributed by atoms with van der Waals surface area (Å²) < 4.78 is 8.31. The molecule has 2 aliphatic heterocycles. The second-order valence-electron chi connectivity index (χ2n) is 11.6. The Morgan fingerprint density at radius 1 is 1.09 bits per heavy atom. The van der Waals surface area contributed by atoms with E-state index in [-0.39, 0.29) is 5.54 Å². The minimum atomic E-state index is -1.13. The predicted molar refractivity (Wildman–Crippen MR) is 146 cm³/mol. The summed E-state index contributed by atoms with van der Waals surface area (Å²) in [6.07, 6.45) is 14.4. The van der Waals surface area contributed by atoms with Gasteiger partial charge >= 0.3 is 0 Å². The van der Waals surface area contributed by atoms with Crippen LogP contribution in [0.5, 0.6) is 0 Å². The van der Waals surface area contributed by atoms with E-state index in [4.69, 9.17) is 9.72 Å². The molecule has 0 amide bonds. The fraction of sp³-hybridized carbons (Fsp3) is 0.593. The molecule has 0 aromatic carbocycles. The number of nitrogens with zero attached hydrogens (tertiary/aromatic N) is 5. The molecule has 2 aliphatic rings. The Labute approximate surface area is 210 Å². The van der Waals surface area contributed by atoms with E-state index in [9.17, 15) is 0 Å². The van der Waals surface area contributed by atoms with Gasteiger partial charge in [-0.2, -0.15) is 0 Å². The molecule has 1 unspecified atom stereocenters. The fourth-order valence-electron chi connectivity index (χ4n) is 5.57. The van der Waals surface area contributed by atoms with Crippen LogP contribution in [0.1, 0.15) is 37.9 Å². The van der Waals surface area contributed by atoms with Crippen molar-refractivity contribution in [3.63, 3.8) is 0 Å². The van der Waals surface area contributed by atoms with Gasteiger partial charge in [0, 0.05) is 74.9 Å². The summed E-state index contributed by atoms with van der Waals surface area (Å²) in [7, 11) is -1.13. The first-order valence-corrected chi connectivity index (χ1v) is 16.9. The second-order valence-corrected chi connectivity index (χ2v) is 17.2. The number of hydrogen-bond acceptors (Lipinski definition) is 6. The largest absolute Gasteiger partial charge is 0.369 e. The maximum Gasteiger partial charge on any atom is 0.144 e. The zero-order valence-electron chi connectivity index (χ0n) is 21.8. The molecule has 35 heavy (non-hydrogen) atoms. The summed E-state index contributed by atoms with van der Waals surface area (Å²) in [5.41, 5.74) is 4.63. The molecule has 1 spiro atoms. The van der Waals surface area contributed by atoms with Gasteiger partial charge in [0.25, 0.3) is 0 Å². The van der Waals surface area contributed by atoms with Crippen LogP contribution in [0.2, 0.25) is 25.7 Å². The quantitative estimate of drug-likeness (QED) is 0.360. The van der Waals surface area contributed by atoms with Crippen LogP contribution in [0.15, 0.2) is 30.9 Å². The standard InChI is InChI=1S/C27H40N6OSi/c1-21-29-16-22(17-30-21)23-18-33(20-34-14-15-35(2,3)4)26-25(23)24(8-12-28-26)32-13-7-10-27(19-32)9-5-6-11-31-27/h8,12,16-18,31H,5-7,9-11,13-15,19-20H2,1-4H3. The molecule has 0 bridgehead atoms. The van der Waals surface area contributed by atoms with Gasteiger partial charge in [-0.3, -0.25) is 0 Å². The Morgan fingerprint density at radius 2 is 1.89 bits per heavy atom. The number of aryl methyl sites for hydroxylation is 1. The Bertz CT molecular complexity index is 1140. The lowest BCUT2D eigenvalue weighted by atomic mass is 9.81. The molecule has 1 atom stereocenters. The second kappa shape index (κ2) is 9.99. The molecular weight excluding hydrogens is 452 g/mol. The summed E-state index contributed by atoms with van der Waals surface area (Å²) >= 11 is 0. The number of anilines is 1. The van der Waals surface area contributed by atoms with Crippen molar-refractivity contribution < 1.29 is 4.74 Å². The van der Waals surface area contributed by atoms with Gasteiger partial charge in [0.2, 0.25) is 0 Å². The van der Waals surface area contributed by atoms with Crippen molar-refractivity contribution in [1.82, 2.24) is 24.8 Å². The third kappa shape index (κ3) is 5.44. The van der Waals surface area contributed by atoms with Crippen LogP contribution in [0.3, 0.4) is 0 Å². The minimum absolute atomic E-state index is 0.238. The number of hydrogen-bond donors (Lipinski definition) is 1. The zero-order valence-corrected chi connectivity index (χ0v) is 22.8. The number of ether oxygens (including phenoxy) is 1. The van der Waals surface area contributed by atoms with E-state index in [0.29, 0.717) is 6.73 Å². The van der Waals surface area contributed by atoms with Gasteiger partial charge in [0.1, 0.15) is 18.2 Å². The van der Waals surface area contributed by atoms with Crippen LogP contribution in [0, 0.1) is 6.92 Å². The van der Waals surface area contributed by atoms with Crippen LogP contribution < -0.4 is 10.2 Å². The molecule has 3 aromatic rings. The van der Waals surface area contributed by atoms with E-state index in [1.807, 2.05) is 25.5 Å². The summed E-state index contributed by atoms with van der Waals surface area (Å²) in [5.74, 6) is 0.784. The lowest BCUT2D eigenvalue weighted by molar-refractivity contribution is 0.0899. The Morgan fingerprint density at radius 3 is 2.63 bits per heavy atom. The summed E-state index contributed by atoms with van der Waals surface area (Å²) in [5, 5.41) is 5.07. The van der Waals surface area contributed by atoms with Gasteiger partial charge in [0.05, 0.1) is 5.39 Å². The highest BCUT2D eigenvalue weighted by atomic mass is 28.3. The number of nitrogens with one attached hydrogen (secondary N) is 1. The van der Waals surface area contributed by atoms with Crippen molar-refractivity contribution >= 4 is 24.8 Å². The molecule has 3 aromatic heterocycles. The van der Waals surface area contributed by atoms with E-state index in [2.05, 4.69) is 56.7 Å². The van der Waals surface area contributed by atoms with Crippen molar-refractivity contribution in [3.05, 3.63) is 36.7 Å². The van der Waals surface area contributed by atoms with Gasteiger partial charge in [-0.15, -0.1) is 0 Å². The molecular formula is C27H40N6OSi. The lowest BCUT2D eigenvalue weighted by Gasteiger charge is -2.47. The number of pyridine rings is 1. The van der Waals surface area contributed by atoms with Gasteiger partial charge in [-0.1, -0.05) is 26.1 Å². The van der Waals surface area contributed by atoms with Gasteiger partial charge < -0.3 is 19.5 Å². The van der Waals surface area contributed by atoms with E-state index >= 15 is 0 Å². The maximum absolute atomic E-state index is 6.15. The monoisotopic (exact) mass is 492 g/mol. The van der Waals surface area contributed by atoms with Crippen molar-refractivity contribution in [2.45, 2.75) is 77.0 Å². The lowest BCUT2D eigenvalue weighted by Crippen LogP contribution is -2.59. The van der Waals surface area contributed by atoms with E-state index in [1.165, 1.54) is 43.2 Å². The van der Waals surface area contributed by atoms with Crippen LogP contribution in [-0.2, 0) is 11.5 Å². The molecule has 2 saturated heterocycles. The minimum Gasteiger partial charge on any atom is -0.369 e. The van der Waals surface area contributed by atoms with Crippen LogP contribution in [0.25, 0.3) is 22.2 Å². The number of fused-ring (bicyclic) bond motifs is 1. The molecule has 5 rings (SSSR count). The smallest absolute Gasteiger partial charge is 0.144 e. The summed E-state index contributed by atoms with van der Waals surface area (Å²) in [6.45, 7) is 13.6. The van der Waals surface area contributed by atoms with Gasteiger partial charge in [0.15, 0.2) is 0 Å². The molecule has 1 N–H and O–H groups in total. The Balaban J connectivity index is 1.52. The maximum atomic E-state index is 6.15. The van der Waals surface area contributed by atoms with E-state index in [1.54, 1.807) is 0 Å². The highest BCUT2D eigenvalue weighted by Crippen LogP contribution is 2.39. The van der Waals surface area contributed by atoms with Crippen LogP contribution >= 0.6 is 0 Å². The molecule has 0 saturated carbocycles. The average Bonchev–Trinajstić information content (AvgIpc) is 3.21. The summed E-state index contributed by atoms with van der Waals surface area (Å²) in [6, 6.07) is 3.35. The SMILES string of the molecule is Cc1ncc(-c2cn(COCC[Si](C)(C)C)c3nccc(N4CCCC5(CCCCN5)C4)c23)cn1. The topological polar surface area (TPSA) is 68.1 Å². The van der Waals surface area contributed by atoms with Crippen LogP contribution in [-0.4, -0.2) is 59.4 Å². The third-order valence-electron chi connectivity index (χ3n) is 7.55. The molecule has 0 radical (unpaired) electrons. The third-order valence-corrected chi connectivity index (χ3v) is 9.26. The number of piperidine rings is 2. The predicted octanol–water partition coefficient (Wildman–Crippen LogP) is 5.23. The highest BCUT2D eigenvalue weighted by Gasteiger charge is 2.37. The molecule has 0 aliphatic carbocycles. The van der Waals surface area contributed by atoms with E-state index < -0.39 is 8.07 Å². The molecule has 188 valence electrons. The van der Waals surface area contributed by atoms with Crippen molar-refractivity contribution in [1.29, 1.82) is 0 Å². The van der Waals surface area contributed by atoms with Gasteiger partial charge in [-0.05, 0) is 51.3 Å². The molecule has 8 heteroatoms. The average molecular weight is 493 g/mol. The fourth-order valence-corrected chi connectivity index (χ4v) is 6.33. The molecule has 7 nitrogen and oxygen atoms in total. The first-order valence-electron chi connectivity index (χ1n) is 13.2. The number of rotatable bonds is 7. The van der Waals surface area contributed by atoms with Crippen molar-refractivity contribution in [2.75, 3.05) is 31.1 Å². The highest BCUT2D eigenvalue weighted by molar-refractivity contribution is 6.76. The normalized spacial score (nSPS) is 21.2. The van der Waals surface area contributed by atoms with Crippen molar-refractivity contribution in [3.8, 4) is 11.1 Å². The molecule has 5 heterocycles. The first kappa shape index (κ1) is 24.4. The van der Waals surface area contributed by atoms with E-state index in [0.717, 1.165) is 54.9 Å².